The average molecular weight is 392 g/mol. The number of nitrogens with one attached hydrogen (secondary N) is 2. The van der Waals surface area contributed by atoms with E-state index in [1.165, 1.54) is 0 Å². The molecular formula is C19H28N4O5. The molecule has 3 rings (SSSR count). The largest absolute Gasteiger partial charge is 0.377 e. The van der Waals surface area contributed by atoms with Crippen molar-refractivity contribution in [1.82, 2.24) is 20.7 Å². The minimum Gasteiger partial charge on any atom is -0.377 e. The number of nitrogens with zero attached hydrogens (tertiary/aromatic N) is 2. The lowest BCUT2D eigenvalue weighted by Crippen LogP contribution is -2.54. The van der Waals surface area contributed by atoms with Crippen LogP contribution in [0.3, 0.4) is 0 Å². The number of hydrogen-bond donors (Lipinski definition) is 2. The third-order valence-corrected chi connectivity index (χ3v) is 5.42. The van der Waals surface area contributed by atoms with E-state index in [9.17, 15) is 14.4 Å². The third kappa shape index (κ3) is 4.89. The Kier molecular flexibility index (Phi) is 6.33. The lowest BCUT2D eigenvalue weighted by molar-refractivity contribution is -0.140. The van der Waals surface area contributed by atoms with Gasteiger partial charge in [0, 0.05) is 44.0 Å². The highest BCUT2D eigenvalue weighted by molar-refractivity contribution is 5.92. The number of hydrogen-bond acceptors (Lipinski definition) is 6. The Labute approximate surface area is 164 Å². The van der Waals surface area contributed by atoms with Crippen LogP contribution in [0, 0.1) is 0 Å². The topological polar surface area (TPSA) is 114 Å². The molecule has 0 bridgehead atoms. The number of carbonyl (C=O) groups is 3. The van der Waals surface area contributed by atoms with Gasteiger partial charge in [0.25, 0.3) is 5.91 Å². The normalized spacial score (nSPS) is 24.9. The summed E-state index contributed by atoms with van der Waals surface area (Å²) in [6.45, 7) is 5.53. The van der Waals surface area contributed by atoms with Gasteiger partial charge in [-0.05, 0) is 19.8 Å². The van der Waals surface area contributed by atoms with Crippen LogP contribution in [-0.2, 0) is 20.7 Å². The molecule has 1 aromatic rings. The molecule has 2 saturated heterocycles. The van der Waals surface area contributed by atoms with E-state index in [0.29, 0.717) is 51.2 Å². The quantitative estimate of drug-likeness (QED) is 0.704. The zero-order valence-electron chi connectivity index (χ0n) is 16.5. The molecular weight excluding hydrogens is 364 g/mol. The van der Waals surface area contributed by atoms with Gasteiger partial charge < -0.3 is 24.8 Å². The standard InChI is InChI=1S/C19H28N4O5/c1-3-14-10-15(22-28-14)18(26)20-11-13-12-27-9-8-23(13)17(25)5-7-19(2)6-4-16(24)21-19/h10,13H,3-9,11-12H2,1-2H3,(H,20,26)(H,21,24). The van der Waals surface area contributed by atoms with Gasteiger partial charge in [-0.25, -0.2) is 0 Å². The first-order valence-electron chi connectivity index (χ1n) is 9.82. The van der Waals surface area contributed by atoms with Crippen LogP contribution in [0.4, 0.5) is 0 Å². The van der Waals surface area contributed by atoms with Crippen LogP contribution in [0.15, 0.2) is 10.6 Å². The van der Waals surface area contributed by atoms with Crippen molar-refractivity contribution in [2.24, 2.45) is 0 Å². The van der Waals surface area contributed by atoms with E-state index in [-0.39, 0.29) is 41.5 Å². The molecule has 3 amide bonds. The van der Waals surface area contributed by atoms with Crippen LogP contribution in [0.5, 0.6) is 0 Å². The fourth-order valence-electron chi connectivity index (χ4n) is 3.60. The van der Waals surface area contributed by atoms with Gasteiger partial charge in [0.2, 0.25) is 11.8 Å². The maximum Gasteiger partial charge on any atom is 0.273 e. The van der Waals surface area contributed by atoms with Gasteiger partial charge in [-0.1, -0.05) is 12.1 Å². The summed E-state index contributed by atoms with van der Waals surface area (Å²) >= 11 is 0. The van der Waals surface area contributed by atoms with Crippen molar-refractivity contribution in [3.05, 3.63) is 17.5 Å². The minimum absolute atomic E-state index is 0.0135. The molecule has 0 aliphatic carbocycles. The Morgan fingerprint density at radius 1 is 1.46 bits per heavy atom. The van der Waals surface area contributed by atoms with E-state index in [2.05, 4.69) is 15.8 Å². The highest BCUT2D eigenvalue weighted by Crippen LogP contribution is 2.25. The number of carbonyl (C=O) groups excluding carboxylic acids is 3. The first-order chi connectivity index (χ1) is 13.4. The van der Waals surface area contributed by atoms with Crippen molar-refractivity contribution in [3.8, 4) is 0 Å². The van der Waals surface area contributed by atoms with Crippen molar-refractivity contribution in [1.29, 1.82) is 0 Å². The molecule has 9 heteroatoms. The number of rotatable bonds is 7. The Balaban J connectivity index is 1.52. The predicted octanol–water partition coefficient (Wildman–Crippen LogP) is 0.643. The molecule has 0 aromatic carbocycles. The van der Waals surface area contributed by atoms with Gasteiger partial charge >= 0.3 is 0 Å². The number of amides is 3. The summed E-state index contributed by atoms with van der Waals surface area (Å²) < 4.78 is 10.6. The first-order valence-corrected chi connectivity index (χ1v) is 9.82. The molecule has 9 nitrogen and oxygen atoms in total. The summed E-state index contributed by atoms with van der Waals surface area (Å²) in [5.41, 5.74) is -0.0801. The molecule has 0 radical (unpaired) electrons. The van der Waals surface area contributed by atoms with Gasteiger partial charge in [0.1, 0.15) is 5.76 Å². The molecule has 0 spiro atoms. The Hall–Kier alpha value is -2.42. The van der Waals surface area contributed by atoms with Crippen molar-refractivity contribution in [2.75, 3.05) is 26.3 Å². The second-order valence-corrected chi connectivity index (χ2v) is 7.67. The van der Waals surface area contributed by atoms with Crippen LogP contribution in [-0.4, -0.2) is 65.7 Å². The highest BCUT2D eigenvalue weighted by atomic mass is 16.5. The Bertz CT molecular complexity index is 734. The molecule has 154 valence electrons. The third-order valence-electron chi connectivity index (χ3n) is 5.42. The van der Waals surface area contributed by atoms with Gasteiger partial charge in [0.05, 0.1) is 19.3 Å². The smallest absolute Gasteiger partial charge is 0.273 e. The van der Waals surface area contributed by atoms with E-state index in [1.54, 1.807) is 11.0 Å². The van der Waals surface area contributed by atoms with E-state index < -0.39 is 0 Å². The van der Waals surface area contributed by atoms with Crippen molar-refractivity contribution >= 4 is 17.7 Å². The van der Waals surface area contributed by atoms with E-state index in [1.807, 2.05) is 13.8 Å². The monoisotopic (exact) mass is 392 g/mol. The number of aromatic nitrogens is 1. The maximum absolute atomic E-state index is 12.8. The lowest BCUT2D eigenvalue weighted by Gasteiger charge is -2.36. The molecule has 2 aliphatic rings. The molecule has 3 heterocycles. The van der Waals surface area contributed by atoms with Crippen LogP contribution in [0.25, 0.3) is 0 Å². The summed E-state index contributed by atoms with van der Waals surface area (Å²) in [6.07, 6.45) is 2.88. The van der Waals surface area contributed by atoms with Gasteiger partial charge in [0.15, 0.2) is 5.69 Å². The average Bonchev–Trinajstić information content (AvgIpc) is 3.31. The van der Waals surface area contributed by atoms with Crippen molar-refractivity contribution in [2.45, 2.75) is 57.5 Å². The molecule has 2 N–H and O–H groups in total. The summed E-state index contributed by atoms with van der Waals surface area (Å²) in [5.74, 6) is 0.374. The molecule has 2 atom stereocenters. The van der Waals surface area contributed by atoms with E-state index >= 15 is 0 Å². The lowest BCUT2D eigenvalue weighted by atomic mass is 9.93. The van der Waals surface area contributed by atoms with Gasteiger partial charge in [-0.2, -0.15) is 0 Å². The molecule has 1 aromatic heterocycles. The zero-order chi connectivity index (χ0) is 20.1. The van der Waals surface area contributed by atoms with Crippen LogP contribution in [0.2, 0.25) is 0 Å². The fourth-order valence-corrected chi connectivity index (χ4v) is 3.60. The SMILES string of the molecule is CCc1cc(C(=O)NCC2COCCN2C(=O)CCC2(C)CCC(=O)N2)no1. The summed E-state index contributed by atoms with van der Waals surface area (Å²) in [6, 6.07) is 1.39. The zero-order valence-corrected chi connectivity index (χ0v) is 16.5. The minimum atomic E-state index is -0.331. The second kappa shape index (κ2) is 8.72. The number of morpholine rings is 1. The molecule has 2 fully saturated rings. The molecule has 0 saturated carbocycles. The van der Waals surface area contributed by atoms with E-state index in [0.717, 1.165) is 6.42 Å². The Morgan fingerprint density at radius 2 is 2.29 bits per heavy atom. The van der Waals surface area contributed by atoms with Crippen molar-refractivity contribution in [3.63, 3.8) is 0 Å². The molecule has 28 heavy (non-hydrogen) atoms. The summed E-state index contributed by atoms with van der Waals surface area (Å²) in [5, 5.41) is 9.53. The van der Waals surface area contributed by atoms with Crippen molar-refractivity contribution < 1.29 is 23.6 Å². The number of ether oxygens (including phenoxy) is 1. The van der Waals surface area contributed by atoms with Crippen LogP contribution in [0.1, 0.15) is 55.8 Å². The van der Waals surface area contributed by atoms with Gasteiger partial charge in [-0.15, -0.1) is 0 Å². The molecule has 2 aliphatic heterocycles. The van der Waals surface area contributed by atoms with Crippen LogP contribution >= 0.6 is 0 Å². The van der Waals surface area contributed by atoms with Crippen LogP contribution < -0.4 is 10.6 Å². The molecule has 2 unspecified atom stereocenters. The van der Waals surface area contributed by atoms with E-state index in [4.69, 9.17) is 9.26 Å². The fraction of sp³-hybridized carbons (Fsp3) is 0.684. The summed E-state index contributed by atoms with van der Waals surface area (Å²) in [4.78, 5) is 38.2. The Morgan fingerprint density at radius 3 is 2.96 bits per heavy atom. The summed E-state index contributed by atoms with van der Waals surface area (Å²) in [7, 11) is 0. The predicted molar refractivity (Wildman–Crippen MR) is 99.5 cm³/mol. The second-order valence-electron chi connectivity index (χ2n) is 7.67. The number of aryl methyl sites for hydroxylation is 1. The maximum atomic E-state index is 12.8. The van der Waals surface area contributed by atoms with Gasteiger partial charge in [-0.3, -0.25) is 14.4 Å². The highest BCUT2D eigenvalue weighted by Gasteiger charge is 2.35. The first kappa shape index (κ1) is 20.3.